The molecule has 0 bridgehead atoms. The maximum absolute atomic E-state index is 9.17. The van der Waals surface area contributed by atoms with E-state index in [0.29, 0.717) is 12.4 Å². The van der Waals surface area contributed by atoms with Crippen LogP contribution in [0.2, 0.25) is 0 Å². The molecule has 88 valence electrons. The zero-order valence-electron chi connectivity index (χ0n) is 9.35. The Morgan fingerprint density at radius 2 is 2.50 bits per heavy atom. The van der Waals surface area contributed by atoms with Crippen LogP contribution in [0.5, 0.6) is 0 Å². The average molecular weight is 240 g/mol. The molecular weight excluding hydrogens is 224 g/mol. The van der Waals surface area contributed by atoms with E-state index in [4.69, 9.17) is 11.2 Å². The lowest BCUT2D eigenvalue weighted by atomic mass is 10.4. The number of imidazole rings is 1. The first-order valence-corrected chi connectivity index (χ1v) is 6.02. The zero-order valence-corrected chi connectivity index (χ0v) is 10.2. The fourth-order valence-corrected chi connectivity index (χ4v) is 2.05. The van der Waals surface area contributed by atoms with Crippen LogP contribution in [0.25, 0.3) is 0 Å². The summed E-state index contributed by atoms with van der Waals surface area (Å²) in [6.45, 7) is 1.48. The van der Waals surface area contributed by atoms with Crippen molar-refractivity contribution in [3.63, 3.8) is 0 Å². The predicted octanol–water partition coefficient (Wildman–Crippen LogP) is 1.14. The van der Waals surface area contributed by atoms with Gasteiger partial charge < -0.3 is 14.4 Å². The molecule has 1 aromatic rings. The molecule has 0 aliphatic rings. The minimum atomic E-state index is -0.00338. The summed E-state index contributed by atoms with van der Waals surface area (Å²) in [5.41, 5.74) is 0.815. The maximum atomic E-state index is 9.17. The fourth-order valence-electron chi connectivity index (χ4n) is 1.35. The fraction of sp³-hybridized carbons (Fsp3) is 0.545. The van der Waals surface area contributed by atoms with E-state index in [2.05, 4.69) is 10.9 Å². The normalized spacial score (nSPS) is 10.3. The zero-order chi connectivity index (χ0) is 11.8. The molecule has 0 aromatic carbocycles. The summed E-state index contributed by atoms with van der Waals surface area (Å²) >= 11 is 1.51. The minimum absolute atomic E-state index is 0.00338. The Hall–Kier alpha value is -0.960. The van der Waals surface area contributed by atoms with Crippen molar-refractivity contribution in [3.8, 4) is 12.3 Å². The summed E-state index contributed by atoms with van der Waals surface area (Å²) in [4.78, 5) is 4.23. The van der Waals surface area contributed by atoms with Crippen LogP contribution in [-0.2, 0) is 17.9 Å². The quantitative estimate of drug-likeness (QED) is 0.441. The Bertz CT molecular complexity index is 357. The number of hydrogen-bond donors (Lipinski definition) is 1. The number of terminal acetylenes is 1. The molecule has 0 aliphatic carbocycles. The van der Waals surface area contributed by atoms with Crippen molar-refractivity contribution in [1.29, 1.82) is 0 Å². The van der Waals surface area contributed by atoms with Crippen LogP contribution in [-0.4, -0.2) is 34.1 Å². The van der Waals surface area contributed by atoms with E-state index in [1.165, 1.54) is 11.8 Å². The Morgan fingerprint density at radius 3 is 3.12 bits per heavy atom. The van der Waals surface area contributed by atoms with Gasteiger partial charge in [0.05, 0.1) is 24.3 Å². The Kier molecular flexibility index (Phi) is 6.01. The molecule has 1 N–H and O–H groups in total. The molecule has 0 saturated carbocycles. The summed E-state index contributed by atoms with van der Waals surface area (Å²) in [5.74, 6) is 3.15. The third-order valence-corrected chi connectivity index (χ3v) is 2.97. The van der Waals surface area contributed by atoms with Gasteiger partial charge in [-0.15, -0.1) is 6.42 Å². The monoisotopic (exact) mass is 240 g/mol. The van der Waals surface area contributed by atoms with Gasteiger partial charge in [-0.3, -0.25) is 0 Å². The SMILES string of the molecule is C#CCSc1ncc(CO)n1CCCOC. The molecule has 0 atom stereocenters. The molecule has 1 rings (SSSR count). The molecule has 0 unspecified atom stereocenters. The molecular formula is C11H16N2O2S. The molecule has 1 aromatic heterocycles. The van der Waals surface area contributed by atoms with Crippen molar-refractivity contribution in [3.05, 3.63) is 11.9 Å². The van der Waals surface area contributed by atoms with Crippen LogP contribution in [0.1, 0.15) is 12.1 Å². The average Bonchev–Trinajstić information content (AvgIpc) is 2.69. The van der Waals surface area contributed by atoms with Crippen molar-refractivity contribution in [2.45, 2.75) is 24.7 Å². The van der Waals surface area contributed by atoms with Crippen molar-refractivity contribution in [2.75, 3.05) is 19.5 Å². The molecule has 0 aliphatic heterocycles. The first-order valence-electron chi connectivity index (χ1n) is 5.04. The van der Waals surface area contributed by atoms with Crippen molar-refractivity contribution in [1.82, 2.24) is 9.55 Å². The molecule has 0 radical (unpaired) electrons. The maximum Gasteiger partial charge on any atom is 0.169 e. The van der Waals surface area contributed by atoms with Gasteiger partial charge in [-0.2, -0.15) is 0 Å². The van der Waals surface area contributed by atoms with Gasteiger partial charge in [0.25, 0.3) is 0 Å². The highest BCUT2D eigenvalue weighted by molar-refractivity contribution is 7.99. The number of methoxy groups -OCH3 is 1. The van der Waals surface area contributed by atoms with Crippen LogP contribution in [0.4, 0.5) is 0 Å². The smallest absolute Gasteiger partial charge is 0.169 e. The van der Waals surface area contributed by atoms with Gasteiger partial charge in [-0.1, -0.05) is 17.7 Å². The van der Waals surface area contributed by atoms with Gasteiger partial charge in [0.2, 0.25) is 0 Å². The molecule has 4 nitrogen and oxygen atoms in total. The van der Waals surface area contributed by atoms with E-state index >= 15 is 0 Å². The van der Waals surface area contributed by atoms with E-state index in [1.807, 2.05) is 4.57 Å². The van der Waals surface area contributed by atoms with E-state index in [9.17, 15) is 5.11 Å². The number of aromatic nitrogens is 2. The summed E-state index contributed by atoms with van der Waals surface area (Å²) in [6.07, 6.45) is 7.79. The highest BCUT2D eigenvalue weighted by atomic mass is 32.2. The number of aliphatic hydroxyl groups is 1. The highest BCUT2D eigenvalue weighted by Crippen LogP contribution is 2.18. The molecule has 5 heteroatoms. The second kappa shape index (κ2) is 7.34. The van der Waals surface area contributed by atoms with Crippen molar-refractivity contribution < 1.29 is 9.84 Å². The summed E-state index contributed by atoms with van der Waals surface area (Å²) in [6, 6.07) is 0. The Morgan fingerprint density at radius 1 is 1.69 bits per heavy atom. The topological polar surface area (TPSA) is 47.3 Å². The standard InChI is InChI=1S/C11H16N2O2S/c1-3-7-16-11-12-8-10(9-14)13(11)5-4-6-15-2/h1,8,14H,4-7,9H2,2H3. The number of rotatable bonds is 7. The van der Waals surface area contributed by atoms with E-state index in [1.54, 1.807) is 13.3 Å². The number of ether oxygens (including phenoxy) is 1. The second-order valence-electron chi connectivity index (χ2n) is 3.18. The van der Waals surface area contributed by atoms with E-state index < -0.39 is 0 Å². The van der Waals surface area contributed by atoms with Crippen molar-refractivity contribution in [2.24, 2.45) is 0 Å². The third-order valence-electron chi connectivity index (χ3n) is 2.08. The van der Waals surface area contributed by atoms with Crippen LogP contribution >= 0.6 is 11.8 Å². The lowest BCUT2D eigenvalue weighted by Gasteiger charge is -2.09. The minimum Gasteiger partial charge on any atom is -0.390 e. The Labute approximate surface area is 100 Å². The summed E-state index contributed by atoms with van der Waals surface area (Å²) < 4.78 is 6.99. The van der Waals surface area contributed by atoms with Crippen molar-refractivity contribution >= 4 is 11.8 Å². The van der Waals surface area contributed by atoms with Crippen LogP contribution in [0.15, 0.2) is 11.4 Å². The first kappa shape index (κ1) is 13.1. The lowest BCUT2D eigenvalue weighted by Crippen LogP contribution is -2.07. The molecule has 0 spiro atoms. The van der Waals surface area contributed by atoms with Gasteiger partial charge in [0.1, 0.15) is 0 Å². The van der Waals surface area contributed by atoms with Gasteiger partial charge in [-0.05, 0) is 6.42 Å². The number of hydrogen-bond acceptors (Lipinski definition) is 4. The van der Waals surface area contributed by atoms with Gasteiger partial charge >= 0.3 is 0 Å². The molecule has 0 saturated heterocycles. The largest absolute Gasteiger partial charge is 0.390 e. The van der Waals surface area contributed by atoms with Gasteiger partial charge in [0, 0.05) is 20.3 Å². The number of nitrogens with zero attached hydrogens (tertiary/aromatic N) is 2. The lowest BCUT2D eigenvalue weighted by molar-refractivity contribution is 0.187. The Balaban J connectivity index is 2.68. The summed E-state index contributed by atoms with van der Waals surface area (Å²) in [7, 11) is 1.68. The number of aliphatic hydroxyl groups excluding tert-OH is 1. The molecule has 1 heterocycles. The van der Waals surface area contributed by atoms with Crippen LogP contribution in [0.3, 0.4) is 0 Å². The van der Waals surface area contributed by atoms with E-state index in [-0.39, 0.29) is 6.61 Å². The highest BCUT2D eigenvalue weighted by Gasteiger charge is 2.08. The molecule has 16 heavy (non-hydrogen) atoms. The number of thioether (sulfide) groups is 1. The summed E-state index contributed by atoms with van der Waals surface area (Å²) in [5, 5.41) is 10.0. The third kappa shape index (κ3) is 3.56. The first-order chi connectivity index (χ1) is 7.83. The van der Waals surface area contributed by atoms with Gasteiger partial charge in [0.15, 0.2) is 5.16 Å². The molecule has 0 amide bonds. The predicted molar refractivity (Wildman–Crippen MR) is 64.2 cm³/mol. The van der Waals surface area contributed by atoms with E-state index in [0.717, 1.165) is 23.8 Å². The van der Waals surface area contributed by atoms with Crippen LogP contribution < -0.4 is 0 Å². The molecule has 0 fully saturated rings. The van der Waals surface area contributed by atoms with Crippen LogP contribution in [0, 0.1) is 12.3 Å². The van der Waals surface area contributed by atoms with Gasteiger partial charge in [-0.25, -0.2) is 4.98 Å². The second-order valence-corrected chi connectivity index (χ2v) is 4.12.